The summed E-state index contributed by atoms with van der Waals surface area (Å²) < 4.78 is 22.9. The van der Waals surface area contributed by atoms with Crippen LogP contribution >= 0.6 is 0 Å². The molecule has 0 aromatic rings. The van der Waals surface area contributed by atoms with E-state index in [1.165, 1.54) is 64.2 Å². The molecule has 4 N–H and O–H groups in total. The number of aliphatic hydroxyl groups is 4. The van der Waals surface area contributed by atoms with Crippen LogP contribution in [-0.2, 0) is 23.7 Å². The first-order valence-electron chi connectivity index (χ1n) is 27.0. The van der Waals surface area contributed by atoms with Gasteiger partial charge in [-0.3, -0.25) is 4.79 Å². The maximum absolute atomic E-state index is 12.9. The lowest BCUT2D eigenvalue weighted by Crippen LogP contribution is -2.59. The minimum absolute atomic E-state index is 0.127. The summed E-state index contributed by atoms with van der Waals surface area (Å²) in [5, 5.41) is 40.3. The molecule has 6 unspecified atom stereocenters. The van der Waals surface area contributed by atoms with E-state index in [1.807, 2.05) is 0 Å². The lowest BCUT2D eigenvalue weighted by atomic mass is 9.99. The van der Waals surface area contributed by atoms with Gasteiger partial charge in [0.15, 0.2) is 6.29 Å². The molecule has 1 rings (SSSR count). The Bertz CT molecular complexity index is 1410. The third-order valence-corrected chi connectivity index (χ3v) is 11.7. The zero-order chi connectivity index (χ0) is 49.2. The fraction of sp³-hybridized carbons (Fsp3) is 0.678. The van der Waals surface area contributed by atoms with E-state index in [1.54, 1.807) is 0 Å². The van der Waals surface area contributed by atoms with E-state index >= 15 is 0 Å². The third kappa shape index (κ3) is 38.7. The smallest absolute Gasteiger partial charge is 0.306 e. The fourth-order valence-corrected chi connectivity index (χ4v) is 7.57. The summed E-state index contributed by atoms with van der Waals surface area (Å²) in [7, 11) is 0. The van der Waals surface area contributed by atoms with Crippen molar-refractivity contribution in [2.75, 3.05) is 26.4 Å². The molecule has 0 amide bonds. The standard InChI is InChI=1S/C59H98O9/c1-3-5-7-9-11-13-15-17-19-21-23-25-26-27-28-29-30-32-34-36-38-40-42-44-46-48-55(61)67-53(52-66-59-58(64)57(63)56(62)54(50-60)68-59)51-65-49-47-45-43-41-39-37-35-33-31-24-22-20-18-16-14-12-10-8-6-4-2/h5-8,11-14,17-20,23-25,27-28,31,53-54,56-60,62-64H,3-4,9-10,15-16,21-22,26,29-30,32-52H2,1-2H3/b7-5-,8-6-,13-11-,14-12-,19-17-,20-18-,25-23-,28-27-,31-24-. The monoisotopic (exact) mass is 951 g/mol. The zero-order valence-corrected chi connectivity index (χ0v) is 42.8. The molecule has 9 heteroatoms. The summed E-state index contributed by atoms with van der Waals surface area (Å²) in [4.78, 5) is 12.9. The molecule has 68 heavy (non-hydrogen) atoms. The maximum Gasteiger partial charge on any atom is 0.306 e. The van der Waals surface area contributed by atoms with Gasteiger partial charge in [-0.2, -0.15) is 0 Å². The molecule has 0 aromatic carbocycles. The van der Waals surface area contributed by atoms with Crippen LogP contribution in [0.1, 0.15) is 194 Å². The number of aliphatic hydroxyl groups excluding tert-OH is 4. The highest BCUT2D eigenvalue weighted by Gasteiger charge is 2.44. The molecule has 1 saturated heterocycles. The highest BCUT2D eigenvalue weighted by Crippen LogP contribution is 2.23. The Labute approximate surface area is 414 Å². The van der Waals surface area contributed by atoms with Crippen molar-refractivity contribution in [1.82, 2.24) is 0 Å². The molecule has 388 valence electrons. The second-order valence-electron chi connectivity index (χ2n) is 17.9. The van der Waals surface area contributed by atoms with E-state index in [0.29, 0.717) is 13.0 Å². The fourth-order valence-electron chi connectivity index (χ4n) is 7.57. The van der Waals surface area contributed by atoms with E-state index in [-0.39, 0.29) is 19.2 Å². The first kappa shape index (κ1) is 62.9. The van der Waals surface area contributed by atoms with Crippen LogP contribution in [0.2, 0.25) is 0 Å². The van der Waals surface area contributed by atoms with Gasteiger partial charge >= 0.3 is 5.97 Å². The van der Waals surface area contributed by atoms with Crippen molar-refractivity contribution >= 4 is 5.97 Å². The molecule has 0 spiro atoms. The van der Waals surface area contributed by atoms with Crippen molar-refractivity contribution in [2.24, 2.45) is 0 Å². The number of ether oxygens (including phenoxy) is 4. The first-order chi connectivity index (χ1) is 33.4. The van der Waals surface area contributed by atoms with Crippen LogP contribution in [0.5, 0.6) is 0 Å². The second kappa shape index (κ2) is 48.9. The van der Waals surface area contributed by atoms with Crippen molar-refractivity contribution in [3.05, 3.63) is 109 Å². The van der Waals surface area contributed by atoms with Crippen LogP contribution in [-0.4, -0.2) is 89.6 Å². The van der Waals surface area contributed by atoms with E-state index in [2.05, 4.69) is 123 Å². The quantitative estimate of drug-likeness (QED) is 0.0267. The Morgan fingerprint density at radius 3 is 1.28 bits per heavy atom. The maximum atomic E-state index is 12.9. The summed E-state index contributed by atoms with van der Waals surface area (Å²) in [5.74, 6) is -0.328. The van der Waals surface area contributed by atoms with Crippen LogP contribution in [0.25, 0.3) is 0 Å². The number of hydrogen-bond acceptors (Lipinski definition) is 9. The van der Waals surface area contributed by atoms with Crippen molar-refractivity contribution in [3.63, 3.8) is 0 Å². The van der Waals surface area contributed by atoms with Crippen LogP contribution < -0.4 is 0 Å². The van der Waals surface area contributed by atoms with Gasteiger partial charge < -0.3 is 39.4 Å². The molecule has 0 aliphatic carbocycles. The van der Waals surface area contributed by atoms with E-state index in [9.17, 15) is 25.2 Å². The number of unbranched alkanes of at least 4 members (excludes halogenated alkanes) is 16. The number of carbonyl (C=O) groups is 1. The number of carbonyl (C=O) groups excluding carboxylic acids is 1. The lowest BCUT2D eigenvalue weighted by Gasteiger charge is -2.39. The molecule has 0 bridgehead atoms. The SMILES string of the molecule is CC/C=C\C/C=C\C/C=C\C/C=C\C/C=C\CCCCCCCCCCCC(=O)OC(COCCCCCCCCC/C=C\C/C=C\C/C=C\C/C=C\CC)COC1OC(CO)C(O)C(O)C1O. The van der Waals surface area contributed by atoms with E-state index in [4.69, 9.17) is 18.9 Å². The average molecular weight is 951 g/mol. The molecular weight excluding hydrogens is 853 g/mol. The first-order valence-corrected chi connectivity index (χ1v) is 27.0. The highest BCUT2D eigenvalue weighted by molar-refractivity contribution is 5.69. The molecule has 0 saturated carbocycles. The molecule has 0 aromatic heterocycles. The van der Waals surface area contributed by atoms with Gasteiger partial charge in [0.05, 0.1) is 19.8 Å². The Morgan fingerprint density at radius 1 is 0.471 bits per heavy atom. The van der Waals surface area contributed by atoms with Crippen LogP contribution in [0.3, 0.4) is 0 Å². The zero-order valence-electron chi connectivity index (χ0n) is 42.8. The van der Waals surface area contributed by atoms with Crippen molar-refractivity contribution in [2.45, 2.75) is 230 Å². The van der Waals surface area contributed by atoms with Crippen LogP contribution in [0.4, 0.5) is 0 Å². The Morgan fingerprint density at radius 2 is 0.853 bits per heavy atom. The number of rotatable bonds is 45. The molecule has 0 radical (unpaired) electrons. The molecule has 1 fully saturated rings. The summed E-state index contributed by atoms with van der Waals surface area (Å²) in [6.07, 6.45) is 62.6. The summed E-state index contributed by atoms with van der Waals surface area (Å²) in [6, 6.07) is 0. The van der Waals surface area contributed by atoms with Gasteiger partial charge in [-0.05, 0) is 96.3 Å². The summed E-state index contributed by atoms with van der Waals surface area (Å²) in [6.45, 7) is 4.29. The molecule has 1 heterocycles. The molecule has 9 nitrogen and oxygen atoms in total. The minimum Gasteiger partial charge on any atom is -0.457 e. The lowest BCUT2D eigenvalue weighted by molar-refractivity contribution is -0.305. The Hall–Kier alpha value is -3.15. The molecule has 1 aliphatic heterocycles. The topological polar surface area (TPSA) is 135 Å². The summed E-state index contributed by atoms with van der Waals surface area (Å²) in [5.41, 5.74) is 0. The van der Waals surface area contributed by atoms with Crippen molar-refractivity contribution in [3.8, 4) is 0 Å². The van der Waals surface area contributed by atoms with Crippen molar-refractivity contribution < 1.29 is 44.2 Å². The van der Waals surface area contributed by atoms with Crippen molar-refractivity contribution in [1.29, 1.82) is 0 Å². The highest BCUT2D eigenvalue weighted by atomic mass is 16.7. The van der Waals surface area contributed by atoms with Gasteiger partial charge in [0.1, 0.15) is 30.5 Å². The third-order valence-electron chi connectivity index (χ3n) is 11.7. The van der Waals surface area contributed by atoms with Gasteiger partial charge in [0, 0.05) is 13.0 Å². The predicted molar refractivity (Wildman–Crippen MR) is 283 cm³/mol. The Balaban J connectivity index is 2.21. The number of allylic oxidation sites excluding steroid dienone is 18. The van der Waals surface area contributed by atoms with Gasteiger partial charge in [0.2, 0.25) is 0 Å². The van der Waals surface area contributed by atoms with E-state index in [0.717, 1.165) is 109 Å². The van der Waals surface area contributed by atoms with Gasteiger partial charge in [-0.1, -0.05) is 200 Å². The van der Waals surface area contributed by atoms with Gasteiger partial charge in [-0.15, -0.1) is 0 Å². The van der Waals surface area contributed by atoms with Crippen LogP contribution in [0, 0.1) is 0 Å². The average Bonchev–Trinajstić information content (AvgIpc) is 3.34. The van der Waals surface area contributed by atoms with E-state index < -0.39 is 43.4 Å². The largest absolute Gasteiger partial charge is 0.457 e. The molecular formula is C59H98O9. The minimum atomic E-state index is -1.55. The molecule has 1 aliphatic rings. The predicted octanol–water partition coefficient (Wildman–Crippen LogP) is 13.7. The second-order valence-corrected chi connectivity index (χ2v) is 17.9. The number of esters is 1. The van der Waals surface area contributed by atoms with Gasteiger partial charge in [-0.25, -0.2) is 0 Å². The summed E-state index contributed by atoms with van der Waals surface area (Å²) >= 11 is 0. The normalized spacial score (nSPS) is 20.0. The Kier molecular flexibility index (Phi) is 45.2. The molecule has 6 atom stereocenters. The van der Waals surface area contributed by atoms with Crippen LogP contribution in [0.15, 0.2) is 109 Å². The number of hydrogen-bond donors (Lipinski definition) is 4. The van der Waals surface area contributed by atoms with Gasteiger partial charge in [0.25, 0.3) is 0 Å².